The summed E-state index contributed by atoms with van der Waals surface area (Å²) in [4.78, 5) is 25.5. The number of hydrogen-bond acceptors (Lipinski definition) is 4. The van der Waals surface area contributed by atoms with E-state index in [1.54, 1.807) is 24.3 Å². The summed E-state index contributed by atoms with van der Waals surface area (Å²) in [6.07, 6.45) is 2.53. The summed E-state index contributed by atoms with van der Waals surface area (Å²) in [6, 6.07) is 16.4. The molecule has 0 aliphatic rings. The Morgan fingerprint density at radius 3 is 2.29 bits per heavy atom. The molecular weight excluding hydrogens is 352 g/mol. The van der Waals surface area contributed by atoms with Crippen LogP contribution in [0.2, 0.25) is 0 Å². The fourth-order valence-corrected chi connectivity index (χ4v) is 2.99. The van der Waals surface area contributed by atoms with Crippen LogP contribution >= 0.6 is 0 Å². The molecule has 0 aromatic heterocycles. The van der Waals surface area contributed by atoms with Gasteiger partial charge in [0.1, 0.15) is 0 Å². The summed E-state index contributed by atoms with van der Waals surface area (Å²) < 4.78 is 11.0. The highest BCUT2D eigenvalue weighted by atomic mass is 16.6. The average Bonchev–Trinajstić information content (AvgIpc) is 2.69. The lowest BCUT2D eigenvalue weighted by atomic mass is 9.98. The predicted molar refractivity (Wildman–Crippen MR) is 110 cm³/mol. The highest BCUT2D eigenvalue weighted by Crippen LogP contribution is 2.23. The molecule has 4 heteroatoms. The maximum atomic E-state index is 12.9. The Morgan fingerprint density at radius 2 is 1.61 bits per heavy atom. The zero-order valence-corrected chi connectivity index (χ0v) is 17.0. The van der Waals surface area contributed by atoms with Crippen molar-refractivity contribution in [1.29, 1.82) is 0 Å². The average molecular weight is 383 g/mol. The topological polar surface area (TPSA) is 52.6 Å². The molecule has 0 N–H and O–H groups in total. The van der Waals surface area contributed by atoms with Crippen molar-refractivity contribution in [2.24, 2.45) is 5.92 Å². The van der Waals surface area contributed by atoms with E-state index in [-0.39, 0.29) is 0 Å². The third-order valence-electron chi connectivity index (χ3n) is 4.40. The second kappa shape index (κ2) is 11.3. The van der Waals surface area contributed by atoms with E-state index in [2.05, 4.69) is 20.8 Å². The zero-order chi connectivity index (χ0) is 20.4. The van der Waals surface area contributed by atoms with Crippen LogP contribution in [0.5, 0.6) is 0 Å². The first-order valence-electron chi connectivity index (χ1n) is 10.0. The molecule has 28 heavy (non-hydrogen) atoms. The molecule has 2 rings (SSSR count). The number of unbranched alkanes of at least 4 members (excludes halogenated alkanes) is 2. The van der Waals surface area contributed by atoms with Gasteiger partial charge < -0.3 is 9.47 Å². The second-order valence-electron chi connectivity index (χ2n) is 7.33. The lowest BCUT2D eigenvalue weighted by Gasteiger charge is -2.18. The highest BCUT2D eigenvalue weighted by molar-refractivity contribution is 5.93. The van der Waals surface area contributed by atoms with E-state index in [1.165, 1.54) is 0 Å². The zero-order valence-electron chi connectivity index (χ0n) is 17.0. The van der Waals surface area contributed by atoms with Gasteiger partial charge in [0.15, 0.2) is 0 Å². The third-order valence-corrected chi connectivity index (χ3v) is 4.40. The minimum absolute atomic E-state index is 0.331. The Bertz CT molecular complexity index is 752. The van der Waals surface area contributed by atoms with E-state index in [9.17, 15) is 9.59 Å². The molecule has 0 spiro atoms. The van der Waals surface area contributed by atoms with Gasteiger partial charge in [-0.1, -0.05) is 82.1 Å². The lowest BCUT2D eigenvalue weighted by molar-refractivity contribution is -0.154. The van der Waals surface area contributed by atoms with Gasteiger partial charge in [0.05, 0.1) is 12.2 Å². The molecule has 0 aliphatic carbocycles. The number of carbonyl (C=O) groups is 2. The van der Waals surface area contributed by atoms with Gasteiger partial charge in [-0.2, -0.15) is 0 Å². The van der Waals surface area contributed by atoms with Crippen molar-refractivity contribution in [3.63, 3.8) is 0 Å². The molecule has 0 saturated heterocycles. The van der Waals surface area contributed by atoms with Crippen LogP contribution in [0.25, 0.3) is 0 Å². The maximum Gasteiger partial charge on any atom is 0.352 e. The minimum atomic E-state index is -1.07. The molecule has 0 radical (unpaired) electrons. The second-order valence-corrected chi connectivity index (χ2v) is 7.33. The van der Waals surface area contributed by atoms with E-state index >= 15 is 0 Å². The summed E-state index contributed by atoms with van der Waals surface area (Å²) in [5, 5.41) is 0. The van der Waals surface area contributed by atoms with Gasteiger partial charge in [-0.3, -0.25) is 0 Å². The van der Waals surface area contributed by atoms with Crippen LogP contribution in [0, 0.1) is 5.92 Å². The summed E-state index contributed by atoms with van der Waals surface area (Å²) in [5.41, 5.74) is 2.03. The van der Waals surface area contributed by atoms with E-state index in [4.69, 9.17) is 9.47 Å². The van der Waals surface area contributed by atoms with E-state index < -0.39 is 18.0 Å². The van der Waals surface area contributed by atoms with Crippen molar-refractivity contribution in [1.82, 2.24) is 0 Å². The van der Waals surface area contributed by atoms with Crippen LogP contribution in [0.15, 0.2) is 54.6 Å². The molecule has 2 aromatic carbocycles. The van der Waals surface area contributed by atoms with Gasteiger partial charge in [0.2, 0.25) is 6.10 Å². The van der Waals surface area contributed by atoms with Gasteiger partial charge in [-0.05, 0) is 30.4 Å². The molecule has 4 nitrogen and oxygen atoms in total. The fraction of sp³-hybridized carbons (Fsp3) is 0.417. The van der Waals surface area contributed by atoms with Crippen LogP contribution in [-0.2, 0) is 20.7 Å². The molecule has 0 bridgehead atoms. The van der Waals surface area contributed by atoms with Crippen LogP contribution < -0.4 is 0 Å². The number of benzene rings is 2. The SMILES string of the molecule is CCCCCOC(=O)C(OC(=O)c1ccccc1CC(C)C)c1ccccc1. The Morgan fingerprint density at radius 1 is 0.929 bits per heavy atom. The lowest BCUT2D eigenvalue weighted by Crippen LogP contribution is -2.23. The normalized spacial score (nSPS) is 11.9. The molecule has 0 fully saturated rings. The van der Waals surface area contributed by atoms with Gasteiger partial charge in [-0.15, -0.1) is 0 Å². The smallest absolute Gasteiger partial charge is 0.352 e. The monoisotopic (exact) mass is 382 g/mol. The van der Waals surface area contributed by atoms with E-state index in [1.807, 2.05) is 30.3 Å². The van der Waals surface area contributed by atoms with Gasteiger partial charge in [-0.25, -0.2) is 9.59 Å². The van der Waals surface area contributed by atoms with Gasteiger partial charge in [0, 0.05) is 5.56 Å². The quantitative estimate of drug-likeness (QED) is 0.401. The van der Waals surface area contributed by atoms with Crippen molar-refractivity contribution in [2.75, 3.05) is 6.61 Å². The minimum Gasteiger partial charge on any atom is -0.463 e. The fourth-order valence-electron chi connectivity index (χ4n) is 2.99. The van der Waals surface area contributed by atoms with Gasteiger partial charge >= 0.3 is 11.9 Å². The third kappa shape index (κ3) is 6.52. The molecule has 0 saturated carbocycles. The standard InChI is InChI=1S/C24H30O4/c1-4-5-11-16-27-24(26)22(19-12-7-6-8-13-19)28-23(25)21-15-10-9-14-20(21)17-18(2)3/h6-10,12-15,18,22H,4-5,11,16-17H2,1-3H3. The number of carbonyl (C=O) groups excluding carboxylic acids is 2. The molecule has 1 unspecified atom stereocenters. The van der Waals surface area contributed by atoms with Crippen LogP contribution in [0.3, 0.4) is 0 Å². The van der Waals surface area contributed by atoms with Crippen LogP contribution in [0.1, 0.15) is 67.6 Å². The maximum absolute atomic E-state index is 12.9. The van der Waals surface area contributed by atoms with Crippen molar-refractivity contribution < 1.29 is 19.1 Å². The summed E-state index contributed by atoms with van der Waals surface area (Å²) >= 11 is 0. The number of ether oxygens (including phenoxy) is 2. The number of esters is 2. The first-order valence-corrected chi connectivity index (χ1v) is 10.0. The molecular formula is C24H30O4. The molecule has 2 aromatic rings. The summed E-state index contributed by atoms with van der Waals surface area (Å²) in [6.45, 7) is 6.62. The molecule has 1 atom stereocenters. The van der Waals surface area contributed by atoms with Crippen molar-refractivity contribution in [2.45, 2.75) is 52.6 Å². The van der Waals surface area contributed by atoms with Crippen molar-refractivity contribution in [3.05, 3.63) is 71.3 Å². The molecule has 0 heterocycles. The van der Waals surface area contributed by atoms with E-state index in [0.29, 0.717) is 23.7 Å². The number of rotatable bonds is 10. The predicted octanol–water partition coefficient (Wildman–Crippen LogP) is 5.52. The molecule has 150 valence electrons. The Hall–Kier alpha value is -2.62. The first kappa shape index (κ1) is 21.7. The van der Waals surface area contributed by atoms with Crippen molar-refractivity contribution >= 4 is 11.9 Å². The first-order chi connectivity index (χ1) is 13.5. The Balaban J connectivity index is 2.18. The van der Waals surface area contributed by atoms with Gasteiger partial charge in [0.25, 0.3) is 0 Å². The highest BCUT2D eigenvalue weighted by Gasteiger charge is 2.28. The Kier molecular flexibility index (Phi) is 8.73. The summed E-state index contributed by atoms with van der Waals surface area (Å²) in [5.74, 6) is -0.630. The van der Waals surface area contributed by atoms with Crippen molar-refractivity contribution in [3.8, 4) is 0 Å². The molecule has 0 amide bonds. The number of hydrogen-bond donors (Lipinski definition) is 0. The van der Waals surface area contributed by atoms with E-state index in [0.717, 1.165) is 31.2 Å². The van der Waals surface area contributed by atoms with Crippen LogP contribution in [-0.4, -0.2) is 18.5 Å². The van der Waals surface area contributed by atoms with Crippen LogP contribution in [0.4, 0.5) is 0 Å². The largest absolute Gasteiger partial charge is 0.463 e. The summed E-state index contributed by atoms with van der Waals surface area (Å²) in [7, 11) is 0. The molecule has 0 aliphatic heterocycles. The Labute approximate surface area is 167 Å².